The first-order chi connectivity index (χ1) is 8.46. The number of alkyl halides is 3. The normalized spacial score (nSPS) is 14.6. The second-order valence-corrected chi connectivity index (χ2v) is 4.37. The third-order valence-electron chi connectivity index (χ3n) is 2.91. The van der Waals surface area contributed by atoms with Gasteiger partial charge in [-0.05, 0) is 23.6 Å². The molecule has 0 N–H and O–H groups in total. The lowest BCUT2D eigenvalue weighted by Crippen LogP contribution is -2.08. The molecule has 0 radical (unpaired) electrons. The highest BCUT2D eigenvalue weighted by molar-refractivity contribution is 5.96. The number of hydrogen-bond donors (Lipinski definition) is 0. The fourth-order valence-corrected chi connectivity index (χ4v) is 1.94. The highest BCUT2D eigenvalue weighted by Crippen LogP contribution is 2.24. The number of rotatable bonds is 4. The maximum Gasteiger partial charge on any atom is 0.389 e. The molecule has 0 bridgehead atoms. The number of ether oxygens (including phenoxy) is 1. The fraction of sp³-hybridized carbons (Fsp3) is 0.462. The molecule has 1 aliphatic rings. The van der Waals surface area contributed by atoms with Crippen LogP contribution < -0.4 is 0 Å². The van der Waals surface area contributed by atoms with Crippen LogP contribution in [0.2, 0.25) is 0 Å². The average molecular weight is 258 g/mol. The molecule has 2 rings (SSSR count). The van der Waals surface area contributed by atoms with Gasteiger partial charge >= 0.3 is 6.18 Å². The molecular weight excluding hydrogens is 245 g/mol. The Balaban J connectivity index is 1.93. The molecule has 0 amide bonds. The summed E-state index contributed by atoms with van der Waals surface area (Å²) in [5, 5.41) is 0. The van der Waals surface area contributed by atoms with Crippen molar-refractivity contribution in [1.82, 2.24) is 0 Å². The van der Waals surface area contributed by atoms with Crippen LogP contribution in [-0.4, -0.2) is 12.0 Å². The van der Waals surface area contributed by atoms with Gasteiger partial charge in [-0.15, -0.1) is 0 Å². The molecule has 98 valence electrons. The molecule has 0 aliphatic carbocycles. The van der Waals surface area contributed by atoms with Crippen LogP contribution in [0.25, 0.3) is 0 Å². The summed E-state index contributed by atoms with van der Waals surface area (Å²) in [5.74, 6) is -0.242. The predicted molar refractivity (Wildman–Crippen MR) is 59.2 cm³/mol. The average Bonchev–Trinajstić information content (AvgIpc) is 2.73. The Labute approximate surface area is 103 Å². The maximum absolute atomic E-state index is 12.0. The zero-order valence-electron chi connectivity index (χ0n) is 9.72. The molecule has 5 heteroatoms. The van der Waals surface area contributed by atoms with Crippen molar-refractivity contribution in [1.29, 1.82) is 0 Å². The van der Waals surface area contributed by atoms with Gasteiger partial charge < -0.3 is 4.74 Å². The SMILES string of the molecule is O=C(CCCC(F)(F)F)c1ccc2c(c1)COC2. The molecule has 18 heavy (non-hydrogen) atoms. The number of fused-ring (bicyclic) bond motifs is 1. The van der Waals surface area contributed by atoms with Crippen LogP contribution in [0.1, 0.15) is 40.7 Å². The summed E-state index contributed by atoms with van der Waals surface area (Å²) in [6, 6.07) is 5.18. The minimum Gasteiger partial charge on any atom is -0.372 e. The van der Waals surface area contributed by atoms with E-state index in [4.69, 9.17) is 4.74 Å². The van der Waals surface area contributed by atoms with Crippen LogP contribution >= 0.6 is 0 Å². The van der Waals surface area contributed by atoms with E-state index in [1.807, 2.05) is 0 Å². The molecule has 1 aromatic rings. The van der Waals surface area contributed by atoms with E-state index in [1.165, 1.54) is 0 Å². The zero-order valence-corrected chi connectivity index (χ0v) is 9.72. The minimum atomic E-state index is -4.19. The van der Waals surface area contributed by atoms with Crippen molar-refractivity contribution in [2.75, 3.05) is 0 Å². The first-order valence-electron chi connectivity index (χ1n) is 5.75. The van der Waals surface area contributed by atoms with Gasteiger partial charge in [0.2, 0.25) is 0 Å². The summed E-state index contributed by atoms with van der Waals surface area (Å²) in [6.07, 6.45) is -5.33. The van der Waals surface area contributed by atoms with Crippen molar-refractivity contribution in [2.24, 2.45) is 0 Å². The van der Waals surface area contributed by atoms with Gasteiger partial charge in [0.15, 0.2) is 5.78 Å². The first kappa shape index (κ1) is 13.1. The smallest absolute Gasteiger partial charge is 0.372 e. The van der Waals surface area contributed by atoms with Gasteiger partial charge in [0.25, 0.3) is 0 Å². The van der Waals surface area contributed by atoms with E-state index in [-0.39, 0.29) is 18.6 Å². The quantitative estimate of drug-likeness (QED) is 0.771. The highest BCUT2D eigenvalue weighted by atomic mass is 19.4. The van der Waals surface area contributed by atoms with Gasteiger partial charge in [0.05, 0.1) is 13.2 Å². The van der Waals surface area contributed by atoms with Gasteiger partial charge in [-0.1, -0.05) is 12.1 Å². The van der Waals surface area contributed by atoms with Gasteiger partial charge in [0.1, 0.15) is 0 Å². The Morgan fingerprint density at radius 2 is 1.94 bits per heavy atom. The maximum atomic E-state index is 12.0. The van der Waals surface area contributed by atoms with Crippen LogP contribution in [0.3, 0.4) is 0 Å². The van der Waals surface area contributed by atoms with Crippen LogP contribution in [0.4, 0.5) is 13.2 Å². The van der Waals surface area contributed by atoms with Gasteiger partial charge in [-0.25, -0.2) is 0 Å². The summed E-state index contributed by atoms with van der Waals surface area (Å²) in [6.45, 7) is 1.01. The summed E-state index contributed by atoms with van der Waals surface area (Å²) in [7, 11) is 0. The summed E-state index contributed by atoms with van der Waals surface area (Å²) < 4.78 is 41.1. The lowest BCUT2D eigenvalue weighted by Gasteiger charge is -2.06. The third-order valence-corrected chi connectivity index (χ3v) is 2.91. The Morgan fingerprint density at radius 1 is 1.22 bits per heavy atom. The van der Waals surface area contributed by atoms with E-state index in [0.29, 0.717) is 18.8 Å². The van der Waals surface area contributed by atoms with Crippen molar-refractivity contribution in [3.8, 4) is 0 Å². The number of benzene rings is 1. The third kappa shape index (κ3) is 3.32. The molecular formula is C13H13F3O2. The zero-order chi connectivity index (χ0) is 13.2. The van der Waals surface area contributed by atoms with Crippen molar-refractivity contribution in [3.63, 3.8) is 0 Å². The molecule has 2 nitrogen and oxygen atoms in total. The van der Waals surface area contributed by atoms with Gasteiger partial charge in [-0.3, -0.25) is 4.79 Å². The van der Waals surface area contributed by atoms with E-state index >= 15 is 0 Å². The van der Waals surface area contributed by atoms with Crippen LogP contribution in [0.5, 0.6) is 0 Å². The van der Waals surface area contributed by atoms with E-state index < -0.39 is 12.6 Å². The fourth-order valence-electron chi connectivity index (χ4n) is 1.94. The number of Topliss-reactive ketones (excluding diaryl/α,β-unsaturated/α-hetero) is 1. The summed E-state index contributed by atoms with van der Waals surface area (Å²) >= 11 is 0. The van der Waals surface area contributed by atoms with Crippen molar-refractivity contribution >= 4 is 5.78 Å². The van der Waals surface area contributed by atoms with Gasteiger partial charge in [-0.2, -0.15) is 13.2 Å². The standard InChI is InChI=1S/C13H13F3O2/c14-13(15,16)5-1-2-12(17)9-3-4-10-7-18-8-11(10)6-9/h3-4,6H,1-2,5,7-8H2. The Morgan fingerprint density at radius 3 is 2.67 bits per heavy atom. The number of carbonyl (C=O) groups excluding carboxylic acids is 1. The van der Waals surface area contributed by atoms with E-state index in [2.05, 4.69) is 0 Å². The summed E-state index contributed by atoms with van der Waals surface area (Å²) in [5.41, 5.74) is 2.47. The van der Waals surface area contributed by atoms with Crippen LogP contribution in [-0.2, 0) is 18.0 Å². The Hall–Kier alpha value is -1.36. The predicted octanol–water partition coefficient (Wildman–Crippen LogP) is 3.63. The molecule has 1 heterocycles. The number of halogens is 3. The molecule has 0 spiro atoms. The largest absolute Gasteiger partial charge is 0.389 e. The lowest BCUT2D eigenvalue weighted by atomic mass is 10.0. The lowest BCUT2D eigenvalue weighted by molar-refractivity contribution is -0.135. The number of ketones is 1. The molecule has 1 aliphatic heterocycles. The second-order valence-electron chi connectivity index (χ2n) is 4.37. The van der Waals surface area contributed by atoms with E-state index in [9.17, 15) is 18.0 Å². The first-order valence-corrected chi connectivity index (χ1v) is 5.75. The second kappa shape index (κ2) is 5.10. The highest BCUT2D eigenvalue weighted by Gasteiger charge is 2.26. The molecule has 0 fully saturated rings. The molecule has 0 unspecified atom stereocenters. The Kier molecular flexibility index (Phi) is 3.71. The summed E-state index contributed by atoms with van der Waals surface area (Å²) in [4.78, 5) is 11.7. The van der Waals surface area contributed by atoms with E-state index in [1.54, 1.807) is 18.2 Å². The van der Waals surface area contributed by atoms with Gasteiger partial charge in [0, 0.05) is 18.4 Å². The topological polar surface area (TPSA) is 26.3 Å². The van der Waals surface area contributed by atoms with E-state index in [0.717, 1.165) is 11.1 Å². The van der Waals surface area contributed by atoms with Crippen LogP contribution in [0.15, 0.2) is 18.2 Å². The van der Waals surface area contributed by atoms with Crippen molar-refractivity contribution < 1.29 is 22.7 Å². The van der Waals surface area contributed by atoms with Crippen molar-refractivity contribution in [2.45, 2.75) is 38.7 Å². The number of hydrogen-bond acceptors (Lipinski definition) is 2. The molecule has 0 saturated carbocycles. The van der Waals surface area contributed by atoms with Crippen LogP contribution in [0, 0.1) is 0 Å². The minimum absolute atomic E-state index is 0.0703. The Bertz CT molecular complexity index is 452. The molecule has 0 atom stereocenters. The molecule has 0 saturated heterocycles. The molecule has 1 aromatic carbocycles. The number of carbonyl (C=O) groups is 1. The van der Waals surface area contributed by atoms with Crippen molar-refractivity contribution in [3.05, 3.63) is 34.9 Å². The molecule has 0 aromatic heterocycles. The monoisotopic (exact) mass is 258 g/mol.